The Morgan fingerprint density at radius 2 is 1.41 bits per heavy atom. The van der Waals surface area contributed by atoms with Crippen molar-refractivity contribution in [3.63, 3.8) is 0 Å². The van der Waals surface area contributed by atoms with Crippen LogP contribution in [0, 0.1) is 0 Å². The van der Waals surface area contributed by atoms with Crippen molar-refractivity contribution in [2.45, 2.75) is 44.2 Å². The Bertz CT molecular complexity index is 1370. The molecule has 0 fully saturated rings. The van der Waals surface area contributed by atoms with Crippen molar-refractivity contribution in [3.05, 3.63) is 95.7 Å². The molecule has 7 heteroatoms. The highest BCUT2D eigenvalue weighted by Gasteiger charge is 2.33. The first kappa shape index (κ1) is 29.0. The van der Waals surface area contributed by atoms with E-state index < -0.39 is 0 Å². The number of benzene rings is 3. The maximum Gasteiger partial charge on any atom is 0.237 e. The van der Waals surface area contributed by atoms with Gasteiger partial charge in [0.15, 0.2) is 0 Å². The highest BCUT2D eigenvalue weighted by Crippen LogP contribution is 2.35. The van der Waals surface area contributed by atoms with E-state index in [1.54, 1.807) is 0 Å². The van der Waals surface area contributed by atoms with Crippen molar-refractivity contribution in [1.82, 2.24) is 26.3 Å². The number of aromatic amines is 1. The van der Waals surface area contributed by atoms with Gasteiger partial charge in [0.2, 0.25) is 5.91 Å². The molecule has 7 nitrogen and oxygen atoms in total. The van der Waals surface area contributed by atoms with E-state index in [1.165, 1.54) is 22.1 Å². The van der Waals surface area contributed by atoms with Crippen molar-refractivity contribution in [2.75, 3.05) is 39.3 Å². The molecule has 1 aromatic heterocycles. The van der Waals surface area contributed by atoms with E-state index in [0.29, 0.717) is 13.0 Å². The predicted molar refractivity (Wildman–Crippen MR) is 169 cm³/mol. The van der Waals surface area contributed by atoms with Gasteiger partial charge in [-0.2, -0.15) is 0 Å². The molecule has 0 saturated carbocycles. The van der Waals surface area contributed by atoms with Crippen LogP contribution in [0.3, 0.4) is 0 Å². The van der Waals surface area contributed by atoms with E-state index in [1.807, 2.05) is 6.07 Å². The Morgan fingerprint density at radius 3 is 2.17 bits per heavy atom. The Morgan fingerprint density at radius 1 is 0.756 bits per heavy atom. The monoisotopic (exact) mass is 552 g/mol. The number of carbonyl (C=O) groups excluding carboxylic acids is 1. The van der Waals surface area contributed by atoms with Gasteiger partial charge in [0, 0.05) is 23.1 Å². The molecule has 0 saturated heterocycles. The lowest BCUT2D eigenvalue weighted by molar-refractivity contribution is -0.123. The third-order valence-corrected chi connectivity index (χ3v) is 7.92. The Balaban J connectivity index is 1.17. The van der Waals surface area contributed by atoms with Crippen LogP contribution in [0.5, 0.6) is 0 Å². The van der Waals surface area contributed by atoms with Gasteiger partial charge < -0.3 is 26.7 Å². The minimum atomic E-state index is -0.291. The summed E-state index contributed by atoms with van der Waals surface area (Å²) < 4.78 is 0. The summed E-state index contributed by atoms with van der Waals surface area (Å²) in [5.74, 6) is 0.0652. The first-order valence-corrected chi connectivity index (χ1v) is 15.1. The number of hydrogen-bond donors (Lipinski definition) is 6. The second kappa shape index (κ2) is 14.9. The van der Waals surface area contributed by atoms with Gasteiger partial charge in [-0.05, 0) is 93.1 Å². The van der Waals surface area contributed by atoms with Gasteiger partial charge in [0.05, 0.1) is 12.1 Å². The van der Waals surface area contributed by atoms with E-state index in [-0.39, 0.29) is 18.0 Å². The van der Waals surface area contributed by atoms with E-state index >= 15 is 0 Å². The number of hydrogen-bond acceptors (Lipinski definition) is 5. The minimum absolute atomic E-state index is 0.0652. The summed E-state index contributed by atoms with van der Waals surface area (Å²) in [4.78, 5) is 17.0. The van der Waals surface area contributed by atoms with Crippen LogP contribution in [-0.2, 0) is 11.2 Å². The maximum absolute atomic E-state index is 13.3. The second-order valence-corrected chi connectivity index (χ2v) is 10.9. The van der Waals surface area contributed by atoms with Gasteiger partial charge in [-0.1, -0.05) is 72.8 Å². The Hall–Kier alpha value is -3.49. The minimum Gasteiger partial charge on any atom is -0.357 e. The summed E-state index contributed by atoms with van der Waals surface area (Å²) >= 11 is 0. The molecule has 1 aliphatic rings. The molecule has 0 bridgehead atoms. The Kier molecular flexibility index (Phi) is 10.6. The zero-order valence-electron chi connectivity index (χ0n) is 23.9. The summed E-state index contributed by atoms with van der Waals surface area (Å²) in [5.41, 5.74) is 12.5. The average molecular weight is 553 g/mol. The number of fused-ring (bicyclic) bond motifs is 3. The molecule has 7 N–H and O–H groups in total. The van der Waals surface area contributed by atoms with Crippen molar-refractivity contribution in [1.29, 1.82) is 0 Å². The number of nitrogens with two attached hydrogens (primary N) is 1. The fourth-order valence-electron chi connectivity index (χ4n) is 5.69. The summed E-state index contributed by atoms with van der Waals surface area (Å²) in [6.07, 6.45) is 4.92. The fraction of sp³-hybridized carbons (Fsp3) is 0.382. The molecule has 216 valence electrons. The molecule has 0 radical (unpaired) electrons. The first-order valence-electron chi connectivity index (χ1n) is 15.1. The fourth-order valence-corrected chi connectivity index (χ4v) is 5.69. The molecular formula is C34H44N6O. The van der Waals surface area contributed by atoms with Crippen molar-refractivity contribution in [2.24, 2.45) is 5.73 Å². The van der Waals surface area contributed by atoms with Crippen LogP contribution < -0.4 is 27.0 Å². The molecule has 2 unspecified atom stereocenters. The number of rotatable bonds is 15. The summed E-state index contributed by atoms with van der Waals surface area (Å²) in [6, 6.07) is 27.1. The van der Waals surface area contributed by atoms with Gasteiger partial charge in [0.1, 0.15) is 0 Å². The molecule has 0 spiro atoms. The number of carbonyl (C=O) groups is 1. The lowest BCUT2D eigenvalue weighted by Gasteiger charge is -2.31. The van der Waals surface area contributed by atoms with Crippen molar-refractivity contribution in [3.8, 4) is 11.1 Å². The van der Waals surface area contributed by atoms with Crippen LogP contribution in [0.2, 0.25) is 0 Å². The molecule has 0 aliphatic carbocycles. The number of amides is 1. The third-order valence-electron chi connectivity index (χ3n) is 7.92. The molecule has 41 heavy (non-hydrogen) atoms. The average Bonchev–Trinajstić information content (AvgIpc) is 3.40. The van der Waals surface area contributed by atoms with E-state index in [4.69, 9.17) is 5.73 Å². The highest BCUT2D eigenvalue weighted by molar-refractivity contribution is 5.88. The normalized spacial score (nSPS) is 16.5. The summed E-state index contributed by atoms with van der Waals surface area (Å²) in [5, 5.41) is 15.0. The van der Waals surface area contributed by atoms with Crippen LogP contribution in [0.4, 0.5) is 0 Å². The van der Waals surface area contributed by atoms with Crippen LogP contribution in [0.25, 0.3) is 22.0 Å². The van der Waals surface area contributed by atoms with Crippen molar-refractivity contribution < 1.29 is 4.79 Å². The quantitative estimate of drug-likeness (QED) is 0.124. The zero-order chi connectivity index (χ0) is 28.3. The first-order chi connectivity index (χ1) is 20.2. The SMILES string of the molecule is NCCCNCCCCNCCCNC(=O)C1Cc2c([nH]c3ccccc23)C(c2ccc(-c3ccccc3)cc2)N1. The van der Waals surface area contributed by atoms with Crippen LogP contribution >= 0.6 is 0 Å². The molecule has 2 heterocycles. The third kappa shape index (κ3) is 7.63. The van der Waals surface area contributed by atoms with Gasteiger partial charge in [0.25, 0.3) is 0 Å². The molecule has 1 amide bonds. The largest absolute Gasteiger partial charge is 0.357 e. The lowest BCUT2D eigenvalue weighted by atomic mass is 9.89. The summed E-state index contributed by atoms with van der Waals surface area (Å²) in [6.45, 7) is 5.37. The smallest absolute Gasteiger partial charge is 0.237 e. The highest BCUT2D eigenvalue weighted by atomic mass is 16.2. The maximum atomic E-state index is 13.3. The molecule has 2 atom stereocenters. The predicted octanol–water partition coefficient (Wildman–Crippen LogP) is 4.25. The van der Waals surface area contributed by atoms with E-state index in [2.05, 4.69) is 99.0 Å². The van der Waals surface area contributed by atoms with Crippen LogP contribution in [0.1, 0.15) is 48.5 Å². The molecule has 3 aromatic carbocycles. The molecule has 5 rings (SSSR count). The van der Waals surface area contributed by atoms with Gasteiger partial charge in [-0.25, -0.2) is 0 Å². The molecular weight excluding hydrogens is 508 g/mol. The lowest BCUT2D eigenvalue weighted by Crippen LogP contribution is -2.50. The van der Waals surface area contributed by atoms with Crippen LogP contribution in [0.15, 0.2) is 78.9 Å². The number of aromatic nitrogens is 1. The van der Waals surface area contributed by atoms with Gasteiger partial charge in [-0.15, -0.1) is 0 Å². The number of unbranched alkanes of at least 4 members (excludes halogenated alkanes) is 1. The molecule has 1 aliphatic heterocycles. The second-order valence-electron chi connectivity index (χ2n) is 10.9. The number of H-pyrrole nitrogens is 1. The van der Waals surface area contributed by atoms with E-state index in [0.717, 1.165) is 75.2 Å². The van der Waals surface area contributed by atoms with E-state index in [9.17, 15) is 4.79 Å². The zero-order valence-corrected chi connectivity index (χ0v) is 23.9. The standard InChI is InChI=1S/C34H44N6O/c35-18-8-21-36-19-6-7-20-37-22-9-23-38-34(41)31-24-29-28-12-4-5-13-30(28)39-33(29)32(40-31)27-16-14-26(15-17-27)25-10-2-1-3-11-25/h1-5,10-17,31-32,36-37,39-40H,6-9,18-24,35H2,(H,38,41). The number of nitrogens with one attached hydrogen (secondary N) is 5. The summed E-state index contributed by atoms with van der Waals surface area (Å²) in [7, 11) is 0. The number of para-hydroxylation sites is 1. The topological polar surface area (TPSA) is 107 Å². The van der Waals surface area contributed by atoms with Crippen molar-refractivity contribution >= 4 is 16.8 Å². The van der Waals surface area contributed by atoms with Gasteiger partial charge >= 0.3 is 0 Å². The van der Waals surface area contributed by atoms with Crippen LogP contribution in [-0.4, -0.2) is 56.2 Å². The van der Waals surface area contributed by atoms with Gasteiger partial charge in [-0.3, -0.25) is 10.1 Å². The molecule has 4 aromatic rings. The Labute approximate surface area is 243 Å².